The molecule has 4 rings (SSSR count). The molecule has 0 saturated carbocycles. The molecule has 2 N–H and O–H groups in total. The molecule has 0 bridgehead atoms. The first-order valence-electron chi connectivity index (χ1n) is 10.9. The third-order valence-electron chi connectivity index (χ3n) is 5.41. The minimum Gasteiger partial charge on any atom is -0.331 e. The lowest BCUT2D eigenvalue weighted by atomic mass is 10.1. The Morgan fingerprint density at radius 3 is 2.57 bits per heavy atom. The molecule has 0 aliphatic heterocycles. The van der Waals surface area contributed by atoms with Gasteiger partial charge >= 0.3 is 6.03 Å². The number of aromatic nitrogens is 3. The normalized spacial score (nSPS) is 10.6. The fourth-order valence-electron chi connectivity index (χ4n) is 3.45. The number of anilines is 1. The second kappa shape index (κ2) is 11.1. The summed E-state index contributed by atoms with van der Waals surface area (Å²) in [5, 5.41) is 24.6. The summed E-state index contributed by atoms with van der Waals surface area (Å²) in [6.45, 7) is 4.24. The van der Waals surface area contributed by atoms with Crippen LogP contribution in [0.4, 0.5) is 10.5 Å². The molecule has 9 heteroatoms. The molecule has 0 radical (unpaired) electrons. The number of rotatable bonds is 7. The number of benzene rings is 3. The van der Waals surface area contributed by atoms with Crippen molar-refractivity contribution in [1.29, 1.82) is 5.26 Å². The molecule has 35 heavy (non-hydrogen) atoms. The lowest BCUT2D eigenvalue weighted by Crippen LogP contribution is -2.29. The monoisotopic (exact) mass is 502 g/mol. The molecule has 0 saturated heterocycles. The highest BCUT2D eigenvalue weighted by Crippen LogP contribution is 2.29. The number of amides is 2. The van der Waals surface area contributed by atoms with Crippen LogP contribution in [-0.4, -0.2) is 20.8 Å². The molecular formula is C26H23ClN6OS. The quantitative estimate of drug-likeness (QED) is 0.301. The SMILES string of the molecule is Cc1ccccc1CSc1nnc(CNC(=O)Nc2ccc(C#N)cc2)n1-c1cc(Cl)ccc1C. The van der Waals surface area contributed by atoms with Crippen molar-refractivity contribution < 1.29 is 4.79 Å². The third-order valence-corrected chi connectivity index (χ3v) is 6.62. The van der Waals surface area contributed by atoms with Crippen LogP contribution in [0.1, 0.15) is 28.1 Å². The van der Waals surface area contributed by atoms with E-state index in [9.17, 15) is 4.79 Å². The van der Waals surface area contributed by atoms with Gasteiger partial charge in [-0.25, -0.2) is 4.79 Å². The van der Waals surface area contributed by atoms with Gasteiger partial charge in [-0.1, -0.05) is 53.7 Å². The van der Waals surface area contributed by atoms with Crippen LogP contribution in [0.25, 0.3) is 5.69 Å². The maximum absolute atomic E-state index is 12.5. The molecule has 4 aromatic rings. The molecule has 0 fully saturated rings. The molecule has 2 amide bonds. The molecule has 0 aliphatic rings. The van der Waals surface area contributed by atoms with Gasteiger partial charge in [-0.15, -0.1) is 10.2 Å². The van der Waals surface area contributed by atoms with E-state index in [0.717, 1.165) is 17.0 Å². The Morgan fingerprint density at radius 2 is 1.83 bits per heavy atom. The number of urea groups is 1. The summed E-state index contributed by atoms with van der Waals surface area (Å²) in [6.07, 6.45) is 0. The van der Waals surface area contributed by atoms with Crippen molar-refractivity contribution in [3.8, 4) is 11.8 Å². The van der Waals surface area contributed by atoms with Gasteiger partial charge in [0.25, 0.3) is 0 Å². The van der Waals surface area contributed by atoms with E-state index in [2.05, 4.69) is 46.0 Å². The molecule has 0 aliphatic carbocycles. The van der Waals surface area contributed by atoms with Gasteiger partial charge in [0.2, 0.25) is 0 Å². The highest BCUT2D eigenvalue weighted by Gasteiger charge is 2.18. The van der Waals surface area contributed by atoms with Gasteiger partial charge in [0, 0.05) is 16.5 Å². The van der Waals surface area contributed by atoms with Crippen molar-refractivity contribution in [1.82, 2.24) is 20.1 Å². The Bertz CT molecular complexity index is 1390. The zero-order valence-corrected chi connectivity index (χ0v) is 20.8. The van der Waals surface area contributed by atoms with Crippen LogP contribution in [0.2, 0.25) is 5.02 Å². The molecule has 0 unspecified atom stereocenters. The summed E-state index contributed by atoms with van der Waals surface area (Å²) in [5.74, 6) is 1.31. The molecule has 7 nitrogen and oxygen atoms in total. The highest BCUT2D eigenvalue weighted by atomic mass is 35.5. The zero-order chi connectivity index (χ0) is 24.8. The number of hydrogen-bond donors (Lipinski definition) is 2. The first kappa shape index (κ1) is 24.3. The van der Waals surface area contributed by atoms with Crippen molar-refractivity contribution in [2.24, 2.45) is 0 Å². The number of nitrogens with one attached hydrogen (secondary N) is 2. The van der Waals surface area contributed by atoms with Gasteiger partial charge in [-0.05, 0) is 66.9 Å². The largest absolute Gasteiger partial charge is 0.331 e. The first-order valence-corrected chi connectivity index (χ1v) is 12.2. The summed E-state index contributed by atoms with van der Waals surface area (Å²) in [4.78, 5) is 12.5. The number of hydrogen-bond acceptors (Lipinski definition) is 5. The number of carbonyl (C=O) groups is 1. The van der Waals surface area contributed by atoms with E-state index in [1.165, 1.54) is 11.1 Å². The van der Waals surface area contributed by atoms with Gasteiger partial charge in [0.05, 0.1) is 23.9 Å². The number of nitrogens with zero attached hydrogens (tertiary/aromatic N) is 4. The van der Waals surface area contributed by atoms with E-state index in [4.69, 9.17) is 16.9 Å². The summed E-state index contributed by atoms with van der Waals surface area (Å²) in [7, 11) is 0. The molecule has 3 aromatic carbocycles. The smallest absolute Gasteiger partial charge is 0.319 e. The van der Waals surface area contributed by atoms with Crippen LogP contribution in [0.15, 0.2) is 71.9 Å². The standard InChI is InChI=1S/C26H23ClN6OS/c1-17-5-3-4-6-20(17)16-35-26-32-31-24(33(26)23-13-21(27)10-7-18(23)2)15-29-25(34)30-22-11-8-19(14-28)9-12-22/h3-13H,15-16H2,1-2H3,(H2,29,30,34). The molecule has 0 atom stereocenters. The molecule has 176 valence electrons. The third kappa shape index (κ3) is 6.01. The van der Waals surface area contributed by atoms with Crippen molar-refractivity contribution in [2.45, 2.75) is 31.3 Å². The maximum Gasteiger partial charge on any atom is 0.319 e. The minimum atomic E-state index is -0.388. The Morgan fingerprint density at radius 1 is 1.06 bits per heavy atom. The average Bonchev–Trinajstić information content (AvgIpc) is 3.26. The number of aryl methyl sites for hydroxylation is 2. The van der Waals surface area contributed by atoms with E-state index < -0.39 is 0 Å². The van der Waals surface area contributed by atoms with Crippen molar-refractivity contribution in [3.63, 3.8) is 0 Å². The second-order valence-corrected chi connectivity index (χ2v) is 9.26. The van der Waals surface area contributed by atoms with Crippen molar-refractivity contribution in [2.75, 3.05) is 5.32 Å². The number of carbonyl (C=O) groups excluding carboxylic acids is 1. The zero-order valence-electron chi connectivity index (χ0n) is 19.2. The molecule has 1 heterocycles. The van der Waals surface area contributed by atoms with Crippen molar-refractivity contribution >= 4 is 35.1 Å². The Kier molecular flexibility index (Phi) is 7.70. The van der Waals surface area contributed by atoms with Gasteiger partial charge in [0.1, 0.15) is 0 Å². The van der Waals surface area contributed by atoms with Crippen LogP contribution >= 0.6 is 23.4 Å². The van der Waals surface area contributed by atoms with E-state index in [0.29, 0.717) is 27.3 Å². The summed E-state index contributed by atoms with van der Waals surface area (Å²) in [5.41, 5.74) is 5.41. The Labute approximate surface area is 213 Å². The molecule has 1 aromatic heterocycles. The second-order valence-electron chi connectivity index (χ2n) is 7.88. The Hall–Kier alpha value is -3.80. The fraction of sp³-hybridized carbons (Fsp3) is 0.154. The number of thioether (sulfide) groups is 1. The van der Waals surface area contributed by atoms with Crippen LogP contribution < -0.4 is 10.6 Å². The van der Waals surface area contributed by atoms with E-state index in [1.54, 1.807) is 36.0 Å². The lowest BCUT2D eigenvalue weighted by molar-refractivity contribution is 0.251. The first-order chi connectivity index (χ1) is 16.9. The molecular weight excluding hydrogens is 480 g/mol. The fourth-order valence-corrected chi connectivity index (χ4v) is 4.66. The van der Waals surface area contributed by atoms with Crippen molar-refractivity contribution in [3.05, 3.63) is 99.8 Å². The minimum absolute atomic E-state index is 0.159. The van der Waals surface area contributed by atoms with Gasteiger partial charge in [0.15, 0.2) is 11.0 Å². The predicted octanol–water partition coefficient (Wildman–Crippen LogP) is 6.02. The van der Waals surface area contributed by atoms with Gasteiger partial charge < -0.3 is 10.6 Å². The topological polar surface area (TPSA) is 95.6 Å². The van der Waals surface area contributed by atoms with E-state index in [1.807, 2.05) is 41.8 Å². The summed E-state index contributed by atoms with van der Waals surface area (Å²) >= 11 is 7.89. The van der Waals surface area contributed by atoms with E-state index in [-0.39, 0.29) is 12.6 Å². The summed E-state index contributed by atoms with van der Waals surface area (Å²) < 4.78 is 1.94. The highest BCUT2D eigenvalue weighted by molar-refractivity contribution is 7.98. The number of nitriles is 1. The van der Waals surface area contributed by atoms with Crippen LogP contribution in [0.3, 0.4) is 0 Å². The average molecular weight is 503 g/mol. The summed E-state index contributed by atoms with van der Waals surface area (Å²) in [6, 6.07) is 22.2. The molecule has 0 spiro atoms. The van der Waals surface area contributed by atoms with E-state index >= 15 is 0 Å². The van der Waals surface area contributed by atoms with Gasteiger partial charge in [-0.3, -0.25) is 4.57 Å². The van der Waals surface area contributed by atoms with Crippen LogP contribution in [0.5, 0.6) is 0 Å². The maximum atomic E-state index is 12.5. The van der Waals surface area contributed by atoms with Crippen LogP contribution in [-0.2, 0) is 12.3 Å². The van der Waals surface area contributed by atoms with Crippen LogP contribution in [0, 0.1) is 25.2 Å². The number of halogens is 1. The van der Waals surface area contributed by atoms with Gasteiger partial charge in [-0.2, -0.15) is 5.26 Å². The lowest BCUT2D eigenvalue weighted by Gasteiger charge is -2.14. The Balaban J connectivity index is 1.55. The predicted molar refractivity (Wildman–Crippen MR) is 139 cm³/mol.